The van der Waals surface area contributed by atoms with Crippen LogP contribution in [0.1, 0.15) is 48.6 Å². The lowest BCUT2D eigenvalue weighted by Gasteiger charge is -1.90. The topological polar surface area (TPSA) is 0 Å². The molecular formula is C7H16. The van der Waals surface area contributed by atoms with Crippen LogP contribution in [-0.4, -0.2) is 0 Å². The van der Waals surface area contributed by atoms with Crippen LogP contribution in [0.2, 0.25) is 0 Å². The Bertz CT molecular complexity index is 54.9. The van der Waals surface area contributed by atoms with Crippen LogP contribution in [-0.2, 0) is 0 Å². The molecule has 0 aromatic rings. The Morgan fingerprint density at radius 1 is 1.43 bits per heavy atom. The highest BCUT2D eigenvalue weighted by Crippen LogP contribution is 2.00. The van der Waals surface area contributed by atoms with Gasteiger partial charge in [0.2, 0.25) is 0 Å². The van der Waals surface area contributed by atoms with Crippen molar-refractivity contribution in [3.8, 4) is 0 Å². The van der Waals surface area contributed by atoms with Crippen molar-refractivity contribution in [2.45, 2.75) is 45.9 Å². The Morgan fingerprint density at radius 3 is 2.86 bits per heavy atom. The third kappa shape index (κ3) is 6.00. The lowest BCUT2D eigenvalue weighted by molar-refractivity contribution is 0.656. The summed E-state index contributed by atoms with van der Waals surface area (Å²) in [5.74, 6) is 0. The summed E-state index contributed by atoms with van der Waals surface area (Å²) in [4.78, 5) is 0. The molecule has 0 N–H and O–H groups in total. The Labute approximate surface area is 49.7 Å². The second-order valence-corrected chi connectivity index (χ2v) is 1.72. The minimum atomic E-state index is 0.0300. The van der Waals surface area contributed by atoms with Crippen LogP contribution < -0.4 is 0 Å². The van der Waals surface area contributed by atoms with Crippen LogP contribution in [0, 0.1) is 0 Å². The first-order valence-corrected chi connectivity index (χ1v) is 3.02. The average Bonchev–Trinajstić information content (AvgIpc) is 1.85. The highest BCUT2D eigenvalue weighted by Gasteiger charge is 1.80. The highest BCUT2D eigenvalue weighted by molar-refractivity contribution is 4.35. The molecule has 7 heavy (non-hydrogen) atoms. The van der Waals surface area contributed by atoms with E-state index in [4.69, 9.17) is 2.74 Å². The molecule has 0 aromatic carbocycles. The van der Waals surface area contributed by atoms with Crippen molar-refractivity contribution in [1.82, 2.24) is 0 Å². The van der Waals surface area contributed by atoms with E-state index in [9.17, 15) is 0 Å². The summed E-state index contributed by atoms with van der Waals surface area (Å²) in [7, 11) is 0. The summed E-state index contributed by atoms with van der Waals surface area (Å²) in [5, 5.41) is 0. The van der Waals surface area contributed by atoms with Crippen LogP contribution in [0.25, 0.3) is 0 Å². The van der Waals surface area contributed by atoms with Gasteiger partial charge in [-0.15, -0.1) is 0 Å². The van der Waals surface area contributed by atoms with Gasteiger partial charge in [0.1, 0.15) is 0 Å². The molecule has 0 rings (SSSR count). The van der Waals surface area contributed by atoms with Crippen molar-refractivity contribution in [2.24, 2.45) is 0 Å². The molecule has 0 heteroatoms. The molecule has 0 spiro atoms. The van der Waals surface area contributed by atoms with Gasteiger partial charge in [0, 0.05) is 2.74 Å². The Balaban J connectivity index is 2.95. The summed E-state index contributed by atoms with van der Waals surface area (Å²) >= 11 is 0. The molecule has 0 aromatic heterocycles. The molecule has 1 unspecified atom stereocenters. The Kier molecular flexibility index (Phi) is 3.38. The second-order valence-electron chi connectivity index (χ2n) is 1.72. The molecule has 0 aliphatic rings. The first-order valence-electron chi connectivity index (χ1n) is 4.31. The van der Waals surface area contributed by atoms with Gasteiger partial charge in [-0.1, -0.05) is 45.9 Å². The van der Waals surface area contributed by atoms with E-state index in [1.54, 1.807) is 0 Å². The molecule has 0 radical (unpaired) electrons. The van der Waals surface area contributed by atoms with E-state index < -0.39 is 0 Å². The standard InChI is InChI=1S/C7H16/c1-3-5-7-6-4-2/h3-7H2,1-2H3/i1D,5D. The fraction of sp³-hybridized carbons (Fsp3) is 1.00. The highest BCUT2D eigenvalue weighted by atomic mass is 13.9. The van der Waals surface area contributed by atoms with E-state index in [2.05, 4.69) is 6.92 Å². The Hall–Kier alpha value is 0. The molecule has 0 amide bonds. The maximum absolute atomic E-state index is 7.36. The normalized spacial score (nSPS) is 17.9. The fourth-order valence-corrected chi connectivity index (χ4v) is 0.493. The number of unbranched alkanes of at least 4 members (excludes halogenated alkanes) is 1. The van der Waals surface area contributed by atoms with Crippen molar-refractivity contribution < 1.29 is 2.74 Å². The number of hydrogen-bond acceptors (Lipinski definition) is 0. The van der Waals surface area contributed by atoms with Crippen molar-refractivity contribution in [2.75, 3.05) is 0 Å². The Morgan fingerprint density at radius 2 is 2.29 bits per heavy atom. The second kappa shape index (κ2) is 6.00. The van der Waals surface area contributed by atoms with Crippen LogP contribution in [0.3, 0.4) is 0 Å². The molecule has 44 valence electrons. The molecule has 1 atom stereocenters. The van der Waals surface area contributed by atoms with Crippen LogP contribution in [0.5, 0.6) is 0 Å². The summed E-state index contributed by atoms with van der Waals surface area (Å²) in [6, 6.07) is 0. The summed E-state index contributed by atoms with van der Waals surface area (Å²) in [6.07, 6.45) is 4.08. The number of hydrogen-bond donors (Lipinski definition) is 0. The van der Waals surface area contributed by atoms with E-state index >= 15 is 0 Å². The zero-order valence-corrected chi connectivity index (χ0v) is 5.11. The molecule has 0 saturated heterocycles. The first-order chi connectivity index (χ1) is 4.31. The van der Waals surface area contributed by atoms with Gasteiger partial charge in [0.25, 0.3) is 0 Å². The van der Waals surface area contributed by atoms with E-state index in [0.29, 0.717) is 6.90 Å². The maximum Gasteiger partial charge on any atom is 0.0266 e. The van der Waals surface area contributed by atoms with Gasteiger partial charge in [-0.25, -0.2) is 0 Å². The van der Waals surface area contributed by atoms with Crippen LogP contribution >= 0.6 is 0 Å². The summed E-state index contributed by atoms with van der Waals surface area (Å²) in [5.41, 5.74) is 0. The zero-order valence-electron chi connectivity index (χ0n) is 7.11. The van der Waals surface area contributed by atoms with E-state index in [-0.39, 0.29) is 6.40 Å². The van der Waals surface area contributed by atoms with Crippen LogP contribution in [0.4, 0.5) is 0 Å². The summed E-state index contributed by atoms with van der Waals surface area (Å²) in [6.45, 7) is 2.55. The van der Waals surface area contributed by atoms with Crippen molar-refractivity contribution in [1.29, 1.82) is 0 Å². The van der Waals surface area contributed by atoms with Crippen molar-refractivity contribution in [3.05, 3.63) is 0 Å². The third-order valence-corrected chi connectivity index (χ3v) is 0.966. The predicted octanol–water partition coefficient (Wildman–Crippen LogP) is 2.98. The van der Waals surface area contributed by atoms with E-state index in [0.717, 1.165) is 19.3 Å². The zero-order chi connectivity index (χ0) is 7.11. The average molecular weight is 102 g/mol. The third-order valence-electron chi connectivity index (χ3n) is 0.966. The van der Waals surface area contributed by atoms with Gasteiger partial charge in [0.05, 0.1) is 0 Å². The predicted molar refractivity (Wildman–Crippen MR) is 34.4 cm³/mol. The quantitative estimate of drug-likeness (QED) is 0.512. The molecule has 0 nitrogen and oxygen atoms in total. The molecule has 0 saturated carbocycles. The molecular weight excluding hydrogens is 84.1 g/mol. The lowest BCUT2D eigenvalue weighted by atomic mass is 10.2. The SMILES string of the molecule is [2H]CCC([2H])CCCC. The molecule has 0 heterocycles. The molecule has 0 fully saturated rings. The van der Waals surface area contributed by atoms with Crippen molar-refractivity contribution in [3.63, 3.8) is 0 Å². The fourth-order valence-electron chi connectivity index (χ4n) is 0.493. The molecule has 0 bridgehead atoms. The first kappa shape index (κ1) is 3.94. The minimum Gasteiger partial charge on any atom is -0.0654 e. The maximum atomic E-state index is 7.36. The van der Waals surface area contributed by atoms with Gasteiger partial charge in [-0.05, 0) is 0 Å². The molecule has 0 aliphatic carbocycles. The van der Waals surface area contributed by atoms with Gasteiger partial charge >= 0.3 is 0 Å². The molecule has 0 aliphatic heterocycles. The summed E-state index contributed by atoms with van der Waals surface area (Å²) < 4.78 is 14.2. The van der Waals surface area contributed by atoms with Gasteiger partial charge < -0.3 is 0 Å². The lowest BCUT2D eigenvalue weighted by Crippen LogP contribution is -1.70. The van der Waals surface area contributed by atoms with Crippen molar-refractivity contribution >= 4 is 0 Å². The van der Waals surface area contributed by atoms with Gasteiger partial charge in [-0.3, -0.25) is 0 Å². The van der Waals surface area contributed by atoms with E-state index in [1.807, 2.05) is 0 Å². The number of rotatable bonds is 4. The monoisotopic (exact) mass is 102 g/mol. The largest absolute Gasteiger partial charge is 0.0654 e. The van der Waals surface area contributed by atoms with E-state index in [1.165, 1.54) is 6.42 Å². The smallest absolute Gasteiger partial charge is 0.0266 e. The minimum absolute atomic E-state index is 0.0300. The van der Waals surface area contributed by atoms with Gasteiger partial charge in [-0.2, -0.15) is 0 Å². The van der Waals surface area contributed by atoms with Crippen LogP contribution in [0.15, 0.2) is 0 Å². The van der Waals surface area contributed by atoms with Gasteiger partial charge in [0.15, 0.2) is 0 Å².